The van der Waals surface area contributed by atoms with Gasteiger partial charge in [-0.3, -0.25) is 0 Å². The molecule has 0 fully saturated rings. The van der Waals surface area contributed by atoms with Gasteiger partial charge in [-0.15, -0.1) is 0 Å². The molecule has 0 unspecified atom stereocenters. The van der Waals surface area contributed by atoms with Crippen LogP contribution >= 0.6 is 0 Å². The summed E-state index contributed by atoms with van der Waals surface area (Å²) in [7, 11) is 0. The van der Waals surface area contributed by atoms with Crippen molar-refractivity contribution in [2.45, 2.75) is 13.5 Å². The Bertz CT molecular complexity index is 857. The lowest BCUT2D eigenvalue weighted by molar-refractivity contribution is 0.0699. The zero-order chi connectivity index (χ0) is 15.7. The average Bonchev–Trinajstić information content (AvgIpc) is 2.85. The van der Waals surface area contributed by atoms with Gasteiger partial charge in [-0.25, -0.2) is 14.8 Å². The number of nitrogens with two attached hydrogens (primary N) is 1. The van der Waals surface area contributed by atoms with Crippen LogP contribution in [-0.4, -0.2) is 25.6 Å². The molecular formula is C15H14N4O3. The van der Waals surface area contributed by atoms with Crippen LogP contribution in [0.5, 0.6) is 11.6 Å². The number of rotatable bonds is 4. The number of fused-ring (bicyclic) bond motifs is 1. The van der Waals surface area contributed by atoms with E-state index in [9.17, 15) is 9.90 Å². The monoisotopic (exact) mass is 298 g/mol. The molecule has 3 aromatic rings. The molecule has 0 aliphatic rings. The standard InChI is InChI=1S/C15H14N4O3/c1-2-19-7-11(15(20)21)10-4-3-9(5-12(10)19)22-14-6-13(16)17-8-18-14/h3-8H,2H2,1H3,(H,20,21)(H2,16,17,18). The van der Waals surface area contributed by atoms with Crippen LogP contribution in [0.3, 0.4) is 0 Å². The van der Waals surface area contributed by atoms with Gasteiger partial charge < -0.3 is 20.1 Å². The van der Waals surface area contributed by atoms with Crippen molar-refractivity contribution in [1.29, 1.82) is 0 Å². The van der Waals surface area contributed by atoms with Crippen LogP contribution in [0.4, 0.5) is 5.82 Å². The van der Waals surface area contributed by atoms with Crippen molar-refractivity contribution in [2.75, 3.05) is 5.73 Å². The molecule has 0 saturated heterocycles. The molecule has 112 valence electrons. The fourth-order valence-electron chi connectivity index (χ4n) is 2.30. The highest BCUT2D eigenvalue weighted by Gasteiger charge is 2.14. The maximum Gasteiger partial charge on any atom is 0.337 e. The molecule has 2 heterocycles. The van der Waals surface area contributed by atoms with E-state index in [0.29, 0.717) is 29.4 Å². The number of carboxylic acid groups (broad SMARTS) is 1. The Morgan fingerprint density at radius 3 is 2.86 bits per heavy atom. The molecule has 0 aliphatic carbocycles. The number of carboxylic acids is 1. The first-order chi connectivity index (χ1) is 10.6. The van der Waals surface area contributed by atoms with Crippen molar-refractivity contribution in [3.05, 3.63) is 42.4 Å². The van der Waals surface area contributed by atoms with Crippen LogP contribution in [0.2, 0.25) is 0 Å². The topological polar surface area (TPSA) is 103 Å². The summed E-state index contributed by atoms with van der Waals surface area (Å²) in [5.74, 6) is 0.251. The quantitative estimate of drug-likeness (QED) is 0.767. The zero-order valence-corrected chi connectivity index (χ0v) is 11.9. The van der Waals surface area contributed by atoms with Crippen LogP contribution in [0, 0.1) is 0 Å². The summed E-state index contributed by atoms with van der Waals surface area (Å²) < 4.78 is 7.51. The fraction of sp³-hybridized carbons (Fsp3) is 0.133. The number of carbonyl (C=O) groups is 1. The minimum absolute atomic E-state index is 0.273. The van der Waals surface area contributed by atoms with Gasteiger partial charge >= 0.3 is 5.97 Å². The molecule has 0 aliphatic heterocycles. The molecule has 2 aromatic heterocycles. The third-order valence-corrected chi connectivity index (χ3v) is 3.31. The van der Waals surface area contributed by atoms with E-state index in [4.69, 9.17) is 10.5 Å². The summed E-state index contributed by atoms with van der Waals surface area (Å²) in [5, 5.41) is 9.92. The van der Waals surface area contributed by atoms with E-state index in [2.05, 4.69) is 9.97 Å². The Kier molecular flexibility index (Phi) is 3.38. The molecule has 7 heteroatoms. The number of hydrogen-bond acceptors (Lipinski definition) is 5. The number of nitrogen functional groups attached to an aromatic ring is 1. The predicted molar refractivity (Wildman–Crippen MR) is 81.1 cm³/mol. The van der Waals surface area contributed by atoms with Crippen LogP contribution in [-0.2, 0) is 6.54 Å². The lowest BCUT2D eigenvalue weighted by Crippen LogP contribution is -1.94. The summed E-state index contributed by atoms with van der Waals surface area (Å²) in [6.45, 7) is 2.61. The predicted octanol–water partition coefficient (Wildman–Crippen LogP) is 2.52. The molecule has 7 nitrogen and oxygen atoms in total. The lowest BCUT2D eigenvalue weighted by Gasteiger charge is -2.06. The molecule has 0 spiro atoms. The third kappa shape index (κ3) is 2.44. The second-order valence-electron chi connectivity index (χ2n) is 4.70. The molecule has 0 radical (unpaired) electrons. The molecule has 0 atom stereocenters. The molecule has 0 bridgehead atoms. The van der Waals surface area contributed by atoms with Crippen LogP contribution in [0.15, 0.2) is 36.8 Å². The second-order valence-corrected chi connectivity index (χ2v) is 4.70. The van der Waals surface area contributed by atoms with Crippen molar-refractivity contribution >= 4 is 22.7 Å². The number of nitrogens with zero attached hydrogens (tertiary/aromatic N) is 3. The summed E-state index contributed by atoms with van der Waals surface area (Å²) in [5.41, 5.74) is 6.65. The lowest BCUT2D eigenvalue weighted by atomic mass is 10.2. The van der Waals surface area contributed by atoms with E-state index in [-0.39, 0.29) is 5.56 Å². The van der Waals surface area contributed by atoms with Crippen molar-refractivity contribution in [3.63, 3.8) is 0 Å². The van der Waals surface area contributed by atoms with Gasteiger partial charge in [0.1, 0.15) is 17.9 Å². The Balaban J connectivity index is 2.04. The van der Waals surface area contributed by atoms with Crippen LogP contribution < -0.4 is 10.5 Å². The van der Waals surface area contributed by atoms with E-state index >= 15 is 0 Å². The van der Waals surface area contributed by atoms with Gasteiger partial charge in [-0.1, -0.05) is 0 Å². The molecule has 3 N–H and O–H groups in total. The van der Waals surface area contributed by atoms with Crippen LogP contribution in [0.1, 0.15) is 17.3 Å². The van der Waals surface area contributed by atoms with Gasteiger partial charge in [-0.2, -0.15) is 0 Å². The minimum atomic E-state index is -0.950. The van der Waals surface area contributed by atoms with Gasteiger partial charge in [0.2, 0.25) is 5.88 Å². The van der Waals surface area contributed by atoms with E-state index in [1.165, 1.54) is 12.4 Å². The maximum atomic E-state index is 11.3. The van der Waals surface area contributed by atoms with Gasteiger partial charge in [-0.05, 0) is 19.1 Å². The molecular weight excluding hydrogens is 284 g/mol. The smallest absolute Gasteiger partial charge is 0.337 e. The first kappa shape index (κ1) is 13.9. The van der Waals surface area contributed by atoms with E-state index in [1.807, 2.05) is 11.5 Å². The first-order valence-corrected chi connectivity index (χ1v) is 6.70. The summed E-state index contributed by atoms with van der Waals surface area (Å²) in [4.78, 5) is 19.1. The van der Waals surface area contributed by atoms with Crippen molar-refractivity contribution in [1.82, 2.24) is 14.5 Å². The highest BCUT2D eigenvalue weighted by atomic mass is 16.5. The van der Waals surface area contributed by atoms with Gasteiger partial charge in [0.25, 0.3) is 0 Å². The summed E-state index contributed by atoms with van der Waals surface area (Å²) >= 11 is 0. The molecule has 22 heavy (non-hydrogen) atoms. The third-order valence-electron chi connectivity index (χ3n) is 3.31. The fourth-order valence-corrected chi connectivity index (χ4v) is 2.30. The molecule has 3 rings (SSSR count). The van der Waals surface area contributed by atoms with E-state index < -0.39 is 5.97 Å². The highest BCUT2D eigenvalue weighted by molar-refractivity contribution is 6.03. The number of aryl methyl sites for hydroxylation is 1. The average molecular weight is 298 g/mol. The Labute approximate surface area is 126 Å². The van der Waals surface area contributed by atoms with E-state index in [0.717, 1.165) is 5.52 Å². The molecule has 0 amide bonds. The number of benzene rings is 1. The number of anilines is 1. The second kappa shape index (κ2) is 5.36. The van der Waals surface area contributed by atoms with Crippen molar-refractivity contribution in [3.8, 4) is 11.6 Å². The maximum absolute atomic E-state index is 11.3. The highest BCUT2D eigenvalue weighted by Crippen LogP contribution is 2.28. The largest absolute Gasteiger partial charge is 0.478 e. The van der Waals surface area contributed by atoms with Crippen molar-refractivity contribution in [2.24, 2.45) is 0 Å². The van der Waals surface area contributed by atoms with Gasteiger partial charge in [0, 0.05) is 30.3 Å². The van der Waals surface area contributed by atoms with Crippen LogP contribution in [0.25, 0.3) is 10.9 Å². The Morgan fingerprint density at radius 1 is 1.36 bits per heavy atom. The van der Waals surface area contributed by atoms with Gasteiger partial charge in [0.05, 0.1) is 11.1 Å². The van der Waals surface area contributed by atoms with Gasteiger partial charge in [0.15, 0.2) is 0 Å². The summed E-state index contributed by atoms with van der Waals surface area (Å²) in [6, 6.07) is 6.73. The first-order valence-electron chi connectivity index (χ1n) is 6.70. The molecule has 1 aromatic carbocycles. The number of hydrogen-bond donors (Lipinski definition) is 2. The zero-order valence-electron chi connectivity index (χ0n) is 11.9. The number of ether oxygens (including phenoxy) is 1. The minimum Gasteiger partial charge on any atom is -0.478 e. The Hall–Kier alpha value is -3.09. The molecule has 0 saturated carbocycles. The SMILES string of the molecule is CCn1cc(C(=O)O)c2ccc(Oc3cc(N)ncn3)cc21. The van der Waals surface area contributed by atoms with Crippen molar-refractivity contribution < 1.29 is 14.6 Å². The Morgan fingerprint density at radius 2 is 2.18 bits per heavy atom. The normalized spacial score (nSPS) is 10.8. The van der Waals surface area contributed by atoms with E-state index in [1.54, 1.807) is 24.4 Å². The number of aromatic carboxylic acids is 1. The number of aromatic nitrogens is 3. The summed E-state index contributed by atoms with van der Waals surface area (Å²) in [6.07, 6.45) is 2.94.